The number of piperidine rings is 1. The van der Waals surface area contributed by atoms with E-state index < -0.39 is 11.6 Å². The molecule has 0 aromatic carbocycles. The number of aliphatic carboxylic acids is 1. The molecule has 0 aromatic heterocycles. The average Bonchev–Trinajstić information content (AvgIpc) is 2.28. The number of ether oxygens (including phenoxy) is 1. The van der Waals surface area contributed by atoms with Crippen LogP contribution >= 0.6 is 0 Å². The Kier molecular flexibility index (Phi) is 5.18. The summed E-state index contributed by atoms with van der Waals surface area (Å²) >= 11 is 0. The Hall–Kier alpha value is -0.650. The molecule has 0 amide bonds. The van der Waals surface area contributed by atoms with Crippen LogP contribution < -0.4 is 0 Å². The maximum absolute atomic E-state index is 11.2. The zero-order chi connectivity index (χ0) is 12.0. The standard InChI is InChI=1S/C11H21NO4/c1-2-5-12-6-3-11(4-7-12,10(14)15)16-9-8-13/h13H,2-9H2,1H3,(H,14,15). The molecule has 5 heteroatoms. The number of carboxylic acids is 1. The summed E-state index contributed by atoms with van der Waals surface area (Å²) in [4.78, 5) is 13.5. The molecule has 1 aliphatic rings. The van der Waals surface area contributed by atoms with E-state index in [1.54, 1.807) is 0 Å². The van der Waals surface area contributed by atoms with Crippen LogP contribution in [-0.4, -0.2) is 59.5 Å². The third-order valence-electron chi connectivity index (χ3n) is 3.06. The van der Waals surface area contributed by atoms with E-state index in [1.165, 1.54) is 0 Å². The third-order valence-corrected chi connectivity index (χ3v) is 3.06. The van der Waals surface area contributed by atoms with Crippen molar-refractivity contribution < 1.29 is 19.7 Å². The molecule has 0 saturated carbocycles. The van der Waals surface area contributed by atoms with Crippen LogP contribution in [0.3, 0.4) is 0 Å². The summed E-state index contributed by atoms with van der Waals surface area (Å²) in [5.41, 5.74) is -1.08. The zero-order valence-electron chi connectivity index (χ0n) is 9.81. The zero-order valence-corrected chi connectivity index (χ0v) is 9.81. The van der Waals surface area contributed by atoms with Gasteiger partial charge in [-0.25, -0.2) is 4.79 Å². The predicted molar refractivity (Wildman–Crippen MR) is 59.4 cm³/mol. The summed E-state index contributed by atoms with van der Waals surface area (Å²) in [7, 11) is 0. The number of hydrogen-bond donors (Lipinski definition) is 2. The molecule has 0 bridgehead atoms. The predicted octanol–water partition coefficient (Wildman–Crippen LogP) is 0.324. The molecular formula is C11H21NO4. The van der Waals surface area contributed by atoms with Crippen LogP contribution in [0.2, 0.25) is 0 Å². The van der Waals surface area contributed by atoms with Gasteiger partial charge in [-0.15, -0.1) is 0 Å². The van der Waals surface area contributed by atoms with Crippen molar-refractivity contribution in [1.82, 2.24) is 4.90 Å². The van der Waals surface area contributed by atoms with Gasteiger partial charge < -0.3 is 19.8 Å². The molecule has 16 heavy (non-hydrogen) atoms. The summed E-state index contributed by atoms with van der Waals surface area (Å²) in [5, 5.41) is 17.9. The van der Waals surface area contributed by atoms with Crippen LogP contribution in [0.15, 0.2) is 0 Å². The highest BCUT2D eigenvalue weighted by Crippen LogP contribution is 2.26. The fourth-order valence-electron chi connectivity index (χ4n) is 2.12. The molecule has 94 valence electrons. The highest BCUT2D eigenvalue weighted by Gasteiger charge is 2.42. The van der Waals surface area contributed by atoms with Crippen molar-refractivity contribution in [2.24, 2.45) is 0 Å². The maximum atomic E-state index is 11.2. The van der Waals surface area contributed by atoms with E-state index in [0.717, 1.165) is 26.1 Å². The number of aliphatic hydroxyl groups excluding tert-OH is 1. The van der Waals surface area contributed by atoms with Crippen molar-refractivity contribution in [2.75, 3.05) is 32.8 Å². The van der Waals surface area contributed by atoms with E-state index in [9.17, 15) is 9.90 Å². The average molecular weight is 231 g/mol. The monoisotopic (exact) mass is 231 g/mol. The van der Waals surface area contributed by atoms with Gasteiger partial charge in [-0.1, -0.05) is 6.92 Å². The first-order valence-corrected chi connectivity index (χ1v) is 5.85. The lowest BCUT2D eigenvalue weighted by atomic mass is 9.91. The first-order chi connectivity index (χ1) is 7.64. The summed E-state index contributed by atoms with van der Waals surface area (Å²) in [6.07, 6.45) is 2.09. The van der Waals surface area contributed by atoms with Gasteiger partial charge in [-0.3, -0.25) is 0 Å². The van der Waals surface area contributed by atoms with E-state index in [0.29, 0.717) is 12.8 Å². The van der Waals surface area contributed by atoms with E-state index in [-0.39, 0.29) is 13.2 Å². The van der Waals surface area contributed by atoms with Crippen molar-refractivity contribution in [3.05, 3.63) is 0 Å². The number of carbonyl (C=O) groups is 1. The smallest absolute Gasteiger partial charge is 0.336 e. The van der Waals surface area contributed by atoms with Crippen LogP contribution in [0.25, 0.3) is 0 Å². The molecule has 2 N–H and O–H groups in total. The molecule has 0 radical (unpaired) electrons. The number of aliphatic hydroxyl groups is 1. The van der Waals surface area contributed by atoms with Gasteiger partial charge >= 0.3 is 5.97 Å². The second kappa shape index (κ2) is 6.18. The van der Waals surface area contributed by atoms with Crippen LogP contribution in [-0.2, 0) is 9.53 Å². The first-order valence-electron chi connectivity index (χ1n) is 5.85. The van der Waals surface area contributed by atoms with Crippen LogP contribution in [0.4, 0.5) is 0 Å². The highest BCUT2D eigenvalue weighted by molar-refractivity contribution is 5.77. The Balaban J connectivity index is 2.52. The van der Waals surface area contributed by atoms with Gasteiger partial charge in [-0.2, -0.15) is 0 Å². The largest absolute Gasteiger partial charge is 0.479 e. The van der Waals surface area contributed by atoms with E-state index in [4.69, 9.17) is 9.84 Å². The normalized spacial score (nSPS) is 20.9. The third kappa shape index (κ3) is 3.17. The van der Waals surface area contributed by atoms with Gasteiger partial charge in [0.2, 0.25) is 0 Å². The second-order valence-corrected chi connectivity index (χ2v) is 4.21. The van der Waals surface area contributed by atoms with E-state index in [1.807, 2.05) is 0 Å². The number of hydrogen-bond acceptors (Lipinski definition) is 4. The lowest BCUT2D eigenvalue weighted by Gasteiger charge is -2.38. The quantitative estimate of drug-likeness (QED) is 0.689. The van der Waals surface area contributed by atoms with E-state index >= 15 is 0 Å². The molecule has 1 rings (SSSR count). The van der Waals surface area contributed by atoms with Crippen molar-refractivity contribution >= 4 is 5.97 Å². The molecule has 1 heterocycles. The molecule has 1 fully saturated rings. The number of rotatable bonds is 6. The minimum atomic E-state index is -1.08. The molecule has 0 atom stereocenters. The molecule has 1 aliphatic heterocycles. The summed E-state index contributed by atoms with van der Waals surface area (Å²) in [5.74, 6) is -0.905. The minimum Gasteiger partial charge on any atom is -0.479 e. The topological polar surface area (TPSA) is 70.0 Å². The molecule has 0 aliphatic carbocycles. The first kappa shape index (κ1) is 13.4. The van der Waals surface area contributed by atoms with Crippen molar-refractivity contribution in [2.45, 2.75) is 31.8 Å². The summed E-state index contributed by atoms with van der Waals surface area (Å²) in [6.45, 7) is 4.60. The Morgan fingerprint density at radius 2 is 2.06 bits per heavy atom. The Bertz CT molecular complexity index is 224. The van der Waals surface area contributed by atoms with Gasteiger partial charge in [0, 0.05) is 13.1 Å². The van der Waals surface area contributed by atoms with Crippen molar-refractivity contribution in [3.63, 3.8) is 0 Å². The molecular weight excluding hydrogens is 210 g/mol. The highest BCUT2D eigenvalue weighted by atomic mass is 16.5. The van der Waals surface area contributed by atoms with Crippen LogP contribution in [0, 0.1) is 0 Å². The fraction of sp³-hybridized carbons (Fsp3) is 0.909. The molecule has 0 unspecified atom stereocenters. The molecule has 5 nitrogen and oxygen atoms in total. The van der Waals surface area contributed by atoms with Gasteiger partial charge in [0.1, 0.15) is 0 Å². The fourth-order valence-corrected chi connectivity index (χ4v) is 2.12. The van der Waals surface area contributed by atoms with Gasteiger partial charge in [0.25, 0.3) is 0 Å². The van der Waals surface area contributed by atoms with Crippen LogP contribution in [0.1, 0.15) is 26.2 Å². The summed E-state index contributed by atoms with van der Waals surface area (Å²) < 4.78 is 5.33. The SMILES string of the molecule is CCCN1CCC(OCCO)(C(=O)O)CC1. The minimum absolute atomic E-state index is 0.0973. The number of nitrogens with zero attached hydrogens (tertiary/aromatic N) is 1. The number of carboxylic acid groups (broad SMARTS) is 1. The van der Waals surface area contributed by atoms with Gasteiger partial charge in [-0.05, 0) is 25.8 Å². The Morgan fingerprint density at radius 3 is 2.50 bits per heavy atom. The molecule has 0 spiro atoms. The Labute approximate surface area is 96.0 Å². The molecule has 1 saturated heterocycles. The number of likely N-dealkylation sites (tertiary alicyclic amines) is 1. The van der Waals surface area contributed by atoms with Gasteiger partial charge in [0.15, 0.2) is 5.60 Å². The van der Waals surface area contributed by atoms with Crippen molar-refractivity contribution in [3.8, 4) is 0 Å². The lowest BCUT2D eigenvalue weighted by molar-refractivity contribution is -0.174. The summed E-state index contributed by atoms with van der Waals surface area (Å²) in [6, 6.07) is 0. The molecule has 0 aromatic rings. The van der Waals surface area contributed by atoms with Crippen LogP contribution in [0.5, 0.6) is 0 Å². The second-order valence-electron chi connectivity index (χ2n) is 4.21. The maximum Gasteiger partial charge on any atom is 0.336 e. The Morgan fingerprint density at radius 1 is 1.44 bits per heavy atom. The van der Waals surface area contributed by atoms with Gasteiger partial charge in [0.05, 0.1) is 13.2 Å². The lowest BCUT2D eigenvalue weighted by Crippen LogP contribution is -2.51. The van der Waals surface area contributed by atoms with E-state index in [2.05, 4.69) is 11.8 Å². The van der Waals surface area contributed by atoms with Crippen molar-refractivity contribution in [1.29, 1.82) is 0 Å².